The van der Waals surface area contributed by atoms with Gasteiger partial charge in [-0.15, -0.1) is 0 Å². The van der Waals surface area contributed by atoms with E-state index in [1.54, 1.807) is 17.0 Å². The quantitative estimate of drug-likeness (QED) is 0.644. The minimum atomic E-state index is -0.654. The fraction of sp³-hybridized carbons (Fsp3) is 0.583. The first-order chi connectivity index (χ1) is 16.4. The van der Waals surface area contributed by atoms with Crippen molar-refractivity contribution >= 4 is 29.3 Å². The van der Waals surface area contributed by atoms with E-state index < -0.39 is 24.1 Å². The SMILES string of the molecule is [C-]#[N+]C(C(=O)N1CCCC1)C1CCN(c2ccc(N3C[C@H](CNC(C)=O)OC3=O)cc2F)CC1. The number of benzene rings is 1. The zero-order valence-electron chi connectivity index (χ0n) is 19.3. The van der Waals surface area contributed by atoms with Crippen LogP contribution in [0.1, 0.15) is 32.6 Å². The number of piperidine rings is 1. The van der Waals surface area contributed by atoms with Crippen molar-refractivity contribution in [2.45, 2.75) is 44.8 Å². The number of nitrogens with one attached hydrogen (secondary N) is 1. The van der Waals surface area contributed by atoms with Gasteiger partial charge in [0.1, 0.15) is 11.9 Å². The first-order valence-electron chi connectivity index (χ1n) is 11.8. The summed E-state index contributed by atoms with van der Waals surface area (Å²) in [5.74, 6) is -0.736. The lowest BCUT2D eigenvalue weighted by molar-refractivity contribution is -0.131. The van der Waals surface area contributed by atoms with Gasteiger partial charge in [0.15, 0.2) is 0 Å². The lowest BCUT2D eigenvalue weighted by atomic mass is 9.88. The lowest BCUT2D eigenvalue weighted by Gasteiger charge is -2.34. The summed E-state index contributed by atoms with van der Waals surface area (Å²) in [5, 5.41) is 2.62. The molecule has 10 heteroatoms. The van der Waals surface area contributed by atoms with Crippen molar-refractivity contribution in [1.29, 1.82) is 0 Å². The molecule has 3 saturated heterocycles. The standard InChI is InChI=1S/C24H30FN5O4/c1-16(31)27-14-19-15-30(24(33)34-19)18-5-6-21(20(25)13-18)28-11-7-17(8-12-28)22(26-2)23(32)29-9-3-4-10-29/h5-6,13,17,19,22H,3-4,7-12,14-15H2,1H3,(H,27,31)/t19-,22?/m0/s1. The fourth-order valence-electron chi connectivity index (χ4n) is 4.96. The van der Waals surface area contributed by atoms with E-state index in [0.717, 1.165) is 25.9 Å². The summed E-state index contributed by atoms with van der Waals surface area (Å²) in [6, 6.07) is 4.01. The second-order valence-corrected chi connectivity index (χ2v) is 9.12. The van der Waals surface area contributed by atoms with Crippen molar-refractivity contribution in [3.63, 3.8) is 0 Å². The second kappa shape index (κ2) is 10.3. The number of nitrogens with zero attached hydrogens (tertiary/aromatic N) is 4. The van der Waals surface area contributed by atoms with Crippen LogP contribution in [0.2, 0.25) is 0 Å². The molecule has 1 aromatic rings. The Labute approximate surface area is 198 Å². The summed E-state index contributed by atoms with van der Waals surface area (Å²) in [7, 11) is 0. The monoisotopic (exact) mass is 471 g/mol. The normalized spacial score (nSPS) is 21.9. The number of cyclic esters (lactones) is 1. The Kier molecular flexibility index (Phi) is 7.20. The lowest BCUT2D eigenvalue weighted by Crippen LogP contribution is -2.44. The van der Waals surface area contributed by atoms with Crippen LogP contribution in [-0.4, -0.2) is 74.2 Å². The maximum atomic E-state index is 15.0. The van der Waals surface area contributed by atoms with Crippen LogP contribution in [0.5, 0.6) is 0 Å². The van der Waals surface area contributed by atoms with Crippen molar-refractivity contribution in [2.24, 2.45) is 5.92 Å². The largest absolute Gasteiger partial charge is 0.442 e. The molecule has 3 heterocycles. The molecule has 0 radical (unpaired) electrons. The Morgan fingerprint density at radius 3 is 2.56 bits per heavy atom. The molecule has 1 N–H and O–H groups in total. The van der Waals surface area contributed by atoms with Gasteiger partial charge in [0.25, 0.3) is 0 Å². The zero-order valence-corrected chi connectivity index (χ0v) is 19.3. The van der Waals surface area contributed by atoms with Gasteiger partial charge in [-0.1, -0.05) is 0 Å². The molecule has 34 heavy (non-hydrogen) atoms. The first-order valence-corrected chi connectivity index (χ1v) is 11.8. The van der Waals surface area contributed by atoms with Crippen molar-refractivity contribution in [1.82, 2.24) is 10.2 Å². The number of likely N-dealkylation sites (tertiary alicyclic amines) is 1. The van der Waals surface area contributed by atoms with E-state index >= 15 is 4.39 Å². The Hall–Kier alpha value is -3.35. The number of anilines is 2. The molecule has 0 aliphatic carbocycles. The first kappa shape index (κ1) is 23.8. The molecule has 0 spiro atoms. The summed E-state index contributed by atoms with van der Waals surface area (Å²) in [5.41, 5.74) is 0.838. The van der Waals surface area contributed by atoms with Crippen molar-refractivity contribution in [2.75, 3.05) is 49.1 Å². The topological polar surface area (TPSA) is 86.6 Å². The molecule has 0 bridgehead atoms. The highest BCUT2D eigenvalue weighted by atomic mass is 19.1. The number of carbonyl (C=O) groups excluding carboxylic acids is 3. The van der Waals surface area contributed by atoms with Gasteiger partial charge in [0.05, 0.1) is 24.5 Å². The van der Waals surface area contributed by atoms with E-state index in [-0.39, 0.29) is 30.8 Å². The Balaban J connectivity index is 1.36. The van der Waals surface area contributed by atoms with Gasteiger partial charge >= 0.3 is 18.0 Å². The maximum Gasteiger partial charge on any atom is 0.414 e. The fourth-order valence-corrected chi connectivity index (χ4v) is 4.96. The number of carbonyl (C=O) groups is 3. The molecule has 4 rings (SSSR count). The van der Waals surface area contributed by atoms with E-state index in [2.05, 4.69) is 10.2 Å². The van der Waals surface area contributed by atoms with Crippen LogP contribution in [-0.2, 0) is 14.3 Å². The molecule has 9 nitrogen and oxygen atoms in total. The van der Waals surface area contributed by atoms with Gasteiger partial charge in [-0.2, -0.15) is 0 Å². The molecule has 3 fully saturated rings. The van der Waals surface area contributed by atoms with E-state index in [0.29, 0.717) is 37.3 Å². The Morgan fingerprint density at radius 2 is 1.94 bits per heavy atom. The third-order valence-electron chi connectivity index (χ3n) is 6.83. The second-order valence-electron chi connectivity index (χ2n) is 9.12. The molecular weight excluding hydrogens is 441 g/mol. The molecule has 0 aromatic heterocycles. The van der Waals surface area contributed by atoms with Gasteiger partial charge < -0.3 is 24.7 Å². The minimum absolute atomic E-state index is 0.0240. The third kappa shape index (κ3) is 5.08. The molecule has 2 atom stereocenters. The Morgan fingerprint density at radius 1 is 1.24 bits per heavy atom. The van der Waals surface area contributed by atoms with E-state index in [9.17, 15) is 14.4 Å². The Bertz CT molecular complexity index is 982. The van der Waals surface area contributed by atoms with Gasteiger partial charge in [-0.3, -0.25) is 14.5 Å². The average Bonchev–Trinajstić information content (AvgIpc) is 3.49. The third-order valence-corrected chi connectivity index (χ3v) is 6.83. The van der Waals surface area contributed by atoms with Crippen molar-refractivity contribution in [3.8, 4) is 0 Å². The predicted molar refractivity (Wildman–Crippen MR) is 124 cm³/mol. The van der Waals surface area contributed by atoms with Gasteiger partial charge in [0.2, 0.25) is 5.91 Å². The van der Waals surface area contributed by atoms with Crippen LogP contribution in [0.25, 0.3) is 4.85 Å². The van der Waals surface area contributed by atoms with Gasteiger partial charge in [0, 0.05) is 39.0 Å². The highest BCUT2D eigenvalue weighted by Crippen LogP contribution is 2.32. The predicted octanol–water partition coefficient (Wildman–Crippen LogP) is 2.41. The molecule has 0 saturated carbocycles. The van der Waals surface area contributed by atoms with Gasteiger partial charge in [-0.25, -0.2) is 15.8 Å². The minimum Gasteiger partial charge on any atom is -0.442 e. The summed E-state index contributed by atoms with van der Waals surface area (Å²) < 4.78 is 20.3. The van der Waals surface area contributed by atoms with Crippen LogP contribution < -0.4 is 15.1 Å². The average molecular weight is 472 g/mol. The van der Waals surface area contributed by atoms with E-state index in [1.807, 2.05) is 4.90 Å². The molecule has 3 amide bonds. The van der Waals surface area contributed by atoms with Crippen LogP contribution in [0.4, 0.5) is 20.6 Å². The molecule has 1 aromatic carbocycles. The molecular formula is C24H30FN5O4. The highest BCUT2D eigenvalue weighted by molar-refractivity contribution is 5.90. The van der Waals surface area contributed by atoms with Crippen molar-refractivity contribution in [3.05, 3.63) is 35.4 Å². The summed E-state index contributed by atoms with van der Waals surface area (Å²) in [6.07, 6.45) is 2.23. The smallest absolute Gasteiger partial charge is 0.414 e. The number of amides is 3. The molecule has 3 aliphatic heterocycles. The molecule has 1 unspecified atom stereocenters. The maximum absolute atomic E-state index is 15.0. The van der Waals surface area contributed by atoms with Crippen LogP contribution >= 0.6 is 0 Å². The highest BCUT2D eigenvalue weighted by Gasteiger charge is 2.40. The van der Waals surface area contributed by atoms with E-state index in [1.165, 1.54) is 17.9 Å². The number of rotatable bonds is 6. The number of halogens is 1. The van der Waals surface area contributed by atoms with Crippen LogP contribution in [0.15, 0.2) is 18.2 Å². The summed E-state index contributed by atoms with van der Waals surface area (Å²) in [6.45, 7) is 12.0. The van der Waals surface area contributed by atoms with Crippen molar-refractivity contribution < 1.29 is 23.5 Å². The number of ether oxygens (including phenoxy) is 1. The zero-order chi connectivity index (χ0) is 24.2. The molecule has 182 valence electrons. The summed E-state index contributed by atoms with van der Waals surface area (Å²) in [4.78, 5) is 44.8. The van der Waals surface area contributed by atoms with E-state index in [4.69, 9.17) is 11.3 Å². The number of hydrogen-bond acceptors (Lipinski definition) is 5. The molecule has 3 aliphatic rings. The van der Waals surface area contributed by atoms with Crippen LogP contribution in [0.3, 0.4) is 0 Å². The van der Waals surface area contributed by atoms with Crippen LogP contribution in [0, 0.1) is 18.3 Å². The number of hydrogen-bond donors (Lipinski definition) is 1. The van der Waals surface area contributed by atoms with Gasteiger partial charge in [-0.05, 0) is 43.9 Å². The summed E-state index contributed by atoms with van der Waals surface area (Å²) >= 11 is 0.